The van der Waals surface area contributed by atoms with Gasteiger partial charge in [0.2, 0.25) is 10.0 Å². The van der Waals surface area contributed by atoms with E-state index in [4.69, 9.17) is 11.6 Å². The molecule has 0 saturated heterocycles. The summed E-state index contributed by atoms with van der Waals surface area (Å²) in [6.07, 6.45) is 4.63. The summed E-state index contributed by atoms with van der Waals surface area (Å²) >= 11 is 6.25. The molecule has 1 aliphatic carbocycles. The standard InChI is InChI=1S/C23H25ClN2O3S/c1-16-11-12-21-17(13-16)14-18(23(27)25-21)15-26(19-7-3-2-4-8-19)30(28,29)22-10-6-5-9-20(22)24/h5-6,9-14,19H,2-4,7-8,15H2,1H3,(H,25,27). The number of aryl methyl sites for hydroxylation is 1. The van der Waals surface area contributed by atoms with E-state index in [0.29, 0.717) is 5.56 Å². The Labute approximate surface area is 181 Å². The molecule has 0 amide bonds. The number of pyridine rings is 1. The molecule has 1 heterocycles. The van der Waals surface area contributed by atoms with Crippen LogP contribution in [-0.4, -0.2) is 23.7 Å². The summed E-state index contributed by atoms with van der Waals surface area (Å²) < 4.78 is 28.7. The lowest BCUT2D eigenvalue weighted by molar-refractivity contribution is 0.247. The van der Waals surface area contributed by atoms with Gasteiger partial charge in [0.25, 0.3) is 5.56 Å². The van der Waals surface area contributed by atoms with Crippen molar-refractivity contribution >= 4 is 32.5 Å². The number of halogens is 1. The third kappa shape index (κ3) is 4.17. The topological polar surface area (TPSA) is 70.2 Å². The molecule has 1 aromatic heterocycles. The molecule has 0 radical (unpaired) electrons. The van der Waals surface area contributed by atoms with Gasteiger partial charge in [0, 0.05) is 23.7 Å². The van der Waals surface area contributed by atoms with E-state index < -0.39 is 10.0 Å². The van der Waals surface area contributed by atoms with Gasteiger partial charge in [0.05, 0.1) is 5.02 Å². The lowest BCUT2D eigenvalue weighted by atomic mass is 9.95. The normalized spacial score (nSPS) is 15.7. The first kappa shape index (κ1) is 21.1. The number of benzene rings is 2. The molecule has 1 saturated carbocycles. The van der Waals surface area contributed by atoms with E-state index in [1.165, 1.54) is 10.4 Å². The molecule has 1 fully saturated rings. The summed E-state index contributed by atoms with van der Waals surface area (Å²) in [5, 5.41) is 1.09. The average Bonchev–Trinajstić information content (AvgIpc) is 2.73. The number of H-pyrrole nitrogens is 1. The molecule has 0 spiro atoms. The molecule has 30 heavy (non-hydrogen) atoms. The van der Waals surface area contributed by atoms with E-state index in [1.807, 2.05) is 25.1 Å². The summed E-state index contributed by atoms with van der Waals surface area (Å²) in [7, 11) is -3.86. The predicted molar refractivity (Wildman–Crippen MR) is 120 cm³/mol. The summed E-state index contributed by atoms with van der Waals surface area (Å²) in [6.45, 7) is 2.01. The third-order valence-corrected chi connectivity index (χ3v) is 8.21. The van der Waals surface area contributed by atoms with Crippen molar-refractivity contribution in [3.05, 3.63) is 75.0 Å². The number of nitrogens with zero attached hydrogens (tertiary/aromatic N) is 1. The van der Waals surface area contributed by atoms with Crippen molar-refractivity contribution in [2.75, 3.05) is 0 Å². The van der Waals surface area contributed by atoms with Crippen molar-refractivity contribution in [1.82, 2.24) is 9.29 Å². The summed E-state index contributed by atoms with van der Waals surface area (Å²) in [5.41, 5.74) is 2.00. The highest BCUT2D eigenvalue weighted by molar-refractivity contribution is 7.89. The second-order valence-electron chi connectivity index (χ2n) is 7.99. The minimum absolute atomic E-state index is 0.0252. The van der Waals surface area contributed by atoms with Gasteiger partial charge in [-0.1, -0.05) is 54.6 Å². The van der Waals surface area contributed by atoms with Gasteiger partial charge < -0.3 is 4.98 Å². The van der Waals surface area contributed by atoms with E-state index in [-0.39, 0.29) is 28.1 Å². The number of nitrogens with one attached hydrogen (secondary N) is 1. The maximum absolute atomic E-state index is 13.6. The molecule has 0 atom stereocenters. The molecule has 5 nitrogen and oxygen atoms in total. The Morgan fingerprint density at radius 1 is 1.07 bits per heavy atom. The van der Waals surface area contributed by atoms with Crippen molar-refractivity contribution in [3.63, 3.8) is 0 Å². The molecular weight excluding hydrogens is 420 g/mol. The summed E-state index contributed by atoms with van der Waals surface area (Å²) in [4.78, 5) is 15.7. The zero-order valence-electron chi connectivity index (χ0n) is 16.9. The number of hydrogen-bond donors (Lipinski definition) is 1. The van der Waals surface area contributed by atoms with Gasteiger partial charge in [-0.2, -0.15) is 4.31 Å². The van der Waals surface area contributed by atoms with Gasteiger partial charge in [-0.3, -0.25) is 4.79 Å². The molecule has 158 valence electrons. The van der Waals surface area contributed by atoms with Crippen LogP contribution in [0.4, 0.5) is 0 Å². The maximum atomic E-state index is 13.6. The van der Waals surface area contributed by atoms with Crippen LogP contribution in [0.5, 0.6) is 0 Å². The van der Waals surface area contributed by atoms with Gasteiger partial charge in [-0.25, -0.2) is 8.42 Å². The van der Waals surface area contributed by atoms with Crippen molar-refractivity contribution in [3.8, 4) is 0 Å². The zero-order chi connectivity index (χ0) is 21.3. The van der Waals surface area contributed by atoms with Crippen LogP contribution in [0.3, 0.4) is 0 Å². The summed E-state index contributed by atoms with van der Waals surface area (Å²) in [6, 6.07) is 13.9. The van der Waals surface area contributed by atoms with Crippen molar-refractivity contribution in [2.24, 2.45) is 0 Å². The quantitative estimate of drug-likeness (QED) is 0.601. The first-order valence-corrected chi connectivity index (χ1v) is 12.1. The molecule has 1 N–H and O–H groups in total. The Morgan fingerprint density at radius 3 is 2.53 bits per heavy atom. The smallest absolute Gasteiger partial charge is 0.252 e. The molecule has 7 heteroatoms. The van der Waals surface area contributed by atoms with Crippen molar-refractivity contribution < 1.29 is 8.42 Å². The minimum atomic E-state index is -3.86. The number of aromatic nitrogens is 1. The fraction of sp³-hybridized carbons (Fsp3) is 0.348. The lowest BCUT2D eigenvalue weighted by Crippen LogP contribution is -2.42. The van der Waals surface area contributed by atoms with Gasteiger partial charge in [0.1, 0.15) is 4.90 Å². The maximum Gasteiger partial charge on any atom is 0.252 e. The molecule has 3 aromatic rings. The van der Waals surface area contributed by atoms with E-state index in [0.717, 1.165) is 48.6 Å². The van der Waals surface area contributed by atoms with Gasteiger partial charge >= 0.3 is 0 Å². The molecule has 0 unspecified atom stereocenters. The molecule has 0 bridgehead atoms. The first-order chi connectivity index (χ1) is 14.4. The molecular formula is C23H25ClN2O3S. The van der Waals surface area contributed by atoms with Crippen LogP contribution in [-0.2, 0) is 16.6 Å². The number of hydrogen-bond acceptors (Lipinski definition) is 3. The number of rotatable bonds is 5. The number of sulfonamides is 1. The molecule has 4 rings (SSSR count). The van der Waals surface area contributed by atoms with Crippen LogP contribution in [0.25, 0.3) is 10.9 Å². The Morgan fingerprint density at radius 2 is 1.80 bits per heavy atom. The average molecular weight is 445 g/mol. The van der Waals surface area contributed by atoms with Crippen LogP contribution >= 0.6 is 11.6 Å². The van der Waals surface area contributed by atoms with Crippen LogP contribution in [0, 0.1) is 6.92 Å². The fourth-order valence-corrected chi connectivity index (χ4v) is 6.37. The van der Waals surface area contributed by atoms with E-state index >= 15 is 0 Å². The minimum Gasteiger partial charge on any atom is -0.322 e. The van der Waals surface area contributed by atoms with E-state index in [2.05, 4.69) is 4.98 Å². The van der Waals surface area contributed by atoms with Crippen LogP contribution in [0.1, 0.15) is 43.2 Å². The Kier molecular flexibility index (Phi) is 6.00. The molecule has 2 aromatic carbocycles. The molecule has 0 aliphatic heterocycles. The highest BCUT2D eigenvalue weighted by Crippen LogP contribution is 2.32. The van der Waals surface area contributed by atoms with E-state index in [9.17, 15) is 13.2 Å². The monoisotopic (exact) mass is 444 g/mol. The highest BCUT2D eigenvalue weighted by atomic mass is 35.5. The predicted octanol–water partition coefficient (Wildman–Crippen LogP) is 5.01. The SMILES string of the molecule is Cc1ccc2[nH]c(=O)c(CN(C3CCCCC3)S(=O)(=O)c3ccccc3Cl)cc2c1. The first-order valence-electron chi connectivity index (χ1n) is 10.3. The summed E-state index contributed by atoms with van der Waals surface area (Å²) in [5.74, 6) is 0. The molecule has 1 aliphatic rings. The second-order valence-corrected chi connectivity index (χ2v) is 10.3. The number of aromatic amines is 1. The Bertz CT molecular complexity index is 1230. The lowest BCUT2D eigenvalue weighted by Gasteiger charge is -2.33. The highest BCUT2D eigenvalue weighted by Gasteiger charge is 2.34. The Hall–Kier alpha value is -2.15. The van der Waals surface area contributed by atoms with Gasteiger partial charge in [0.15, 0.2) is 0 Å². The largest absolute Gasteiger partial charge is 0.322 e. The third-order valence-electron chi connectivity index (χ3n) is 5.81. The van der Waals surface area contributed by atoms with E-state index in [1.54, 1.807) is 24.3 Å². The van der Waals surface area contributed by atoms with Crippen LogP contribution < -0.4 is 5.56 Å². The van der Waals surface area contributed by atoms with Crippen LogP contribution in [0.2, 0.25) is 5.02 Å². The fourth-order valence-electron chi connectivity index (χ4n) is 4.22. The number of fused-ring (bicyclic) bond motifs is 1. The Balaban J connectivity index is 1.79. The van der Waals surface area contributed by atoms with Crippen molar-refractivity contribution in [1.29, 1.82) is 0 Å². The van der Waals surface area contributed by atoms with Crippen LogP contribution in [0.15, 0.2) is 58.2 Å². The van der Waals surface area contributed by atoms with Gasteiger partial charge in [-0.15, -0.1) is 0 Å². The second kappa shape index (κ2) is 8.53. The van der Waals surface area contributed by atoms with Crippen molar-refractivity contribution in [2.45, 2.75) is 56.5 Å². The zero-order valence-corrected chi connectivity index (χ0v) is 18.5. The van der Waals surface area contributed by atoms with Gasteiger partial charge in [-0.05, 0) is 55.5 Å².